The second-order valence-corrected chi connectivity index (χ2v) is 7.72. The van der Waals surface area contributed by atoms with Crippen molar-refractivity contribution in [3.05, 3.63) is 0 Å². The van der Waals surface area contributed by atoms with Gasteiger partial charge in [0, 0.05) is 11.8 Å². The Balaban J connectivity index is 3.51. The SMILES string of the molecule is CN(CCCCS(=O)(=O)[O-])CCC[Si](O)(O)O. The van der Waals surface area contributed by atoms with Crippen LogP contribution in [0.15, 0.2) is 0 Å². The van der Waals surface area contributed by atoms with Crippen LogP contribution in [0.25, 0.3) is 0 Å². The van der Waals surface area contributed by atoms with Gasteiger partial charge in [-0.25, -0.2) is 8.42 Å². The highest BCUT2D eigenvalue weighted by atomic mass is 32.2. The number of rotatable bonds is 9. The van der Waals surface area contributed by atoms with E-state index in [9.17, 15) is 13.0 Å². The van der Waals surface area contributed by atoms with Gasteiger partial charge in [-0.2, -0.15) is 0 Å². The number of hydrogen-bond acceptors (Lipinski definition) is 7. The van der Waals surface area contributed by atoms with Gasteiger partial charge in [0.2, 0.25) is 0 Å². The maximum Gasteiger partial charge on any atom is 0.492 e. The number of nitrogens with zero attached hydrogens (tertiary/aromatic N) is 1. The minimum absolute atomic E-state index is 0.00766. The van der Waals surface area contributed by atoms with Crippen molar-refractivity contribution in [3.63, 3.8) is 0 Å². The molecule has 0 aromatic heterocycles. The molecule has 0 amide bonds. The molecule has 0 aliphatic carbocycles. The molecule has 0 spiro atoms. The van der Waals surface area contributed by atoms with Crippen molar-refractivity contribution in [2.45, 2.75) is 25.3 Å². The van der Waals surface area contributed by atoms with E-state index in [2.05, 4.69) is 0 Å². The number of unbranched alkanes of at least 4 members (excludes halogenated alkanes) is 1. The highest BCUT2D eigenvalue weighted by Crippen LogP contribution is 2.03. The van der Waals surface area contributed by atoms with Crippen LogP contribution in [0.5, 0.6) is 0 Å². The summed E-state index contributed by atoms with van der Waals surface area (Å²) in [6, 6.07) is -0.00766. The van der Waals surface area contributed by atoms with Crippen LogP contribution >= 0.6 is 0 Å². The van der Waals surface area contributed by atoms with E-state index in [1.807, 2.05) is 4.90 Å². The molecule has 0 saturated carbocycles. The van der Waals surface area contributed by atoms with Crippen molar-refractivity contribution in [2.24, 2.45) is 0 Å². The standard InChI is InChI=1S/C8H21NO6SSi/c1-9(6-4-8-17(13,14)15)5-2-3-7-16(10,11)12/h13-15H,2-8H2,1H3,(H,10,11,12)/p-1. The maximum atomic E-state index is 10.3. The Hall–Kier alpha value is -0.0331. The molecule has 7 nitrogen and oxygen atoms in total. The molecule has 0 bridgehead atoms. The molecule has 104 valence electrons. The third-order valence-corrected chi connectivity index (χ3v) is 4.05. The molecule has 0 rings (SSSR count). The van der Waals surface area contributed by atoms with E-state index in [0.29, 0.717) is 32.4 Å². The third-order valence-electron chi connectivity index (χ3n) is 2.24. The van der Waals surface area contributed by atoms with Gasteiger partial charge in [-0.05, 0) is 39.4 Å². The van der Waals surface area contributed by atoms with Gasteiger partial charge < -0.3 is 23.8 Å². The summed E-state index contributed by atoms with van der Waals surface area (Å²) in [5, 5.41) is 0. The van der Waals surface area contributed by atoms with Gasteiger partial charge in [-0.3, -0.25) is 0 Å². The molecule has 3 N–H and O–H groups in total. The summed E-state index contributed by atoms with van der Waals surface area (Å²) in [6.07, 6.45) is 1.39. The van der Waals surface area contributed by atoms with Crippen molar-refractivity contribution in [1.29, 1.82) is 0 Å². The second-order valence-electron chi connectivity index (χ2n) is 4.15. The minimum atomic E-state index is -4.12. The van der Waals surface area contributed by atoms with Crippen LogP contribution in [-0.2, 0) is 10.1 Å². The van der Waals surface area contributed by atoms with Crippen LogP contribution in [0, 0.1) is 0 Å². The average molecular weight is 286 g/mol. The first-order valence-corrected chi connectivity index (χ1v) is 9.02. The molecule has 0 unspecified atom stereocenters. The van der Waals surface area contributed by atoms with Gasteiger partial charge >= 0.3 is 8.80 Å². The molecule has 0 aliphatic heterocycles. The van der Waals surface area contributed by atoms with Gasteiger partial charge in [0.25, 0.3) is 0 Å². The van der Waals surface area contributed by atoms with Crippen molar-refractivity contribution >= 4 is 18.9 Å². The zero-order valence-electron chi connectivity index (χ0n) is 9.87. The second kappa shape index (κ2) is 7.41. The predicted molar refractivity (Wildman–Crippen MR) is 63.1 cm³/mol. The van der Waals surface area contributed by atoms with E-state index in [1.54, 1.807) is 7.05 Å². The van der Waals surface area contributed by atoms with Crippen LogP contribution in [0.2, 0.25) is 6.04 Å². The molecule has 0 heterocycles. The van der Waals surface area contributed by atoms with E-state index in [0.717, 1.165) is 0 Å². The van der Waals surface area contributed by atoms with Crippen molar-refractivity contribution in [2.75, 3.05) is 25.9 Å². The Morgan fingerprint density at radius 1 is 1.12 bits per heavy atom. The molecule has 0 saturated heterocycles. The summed E-state index contributed by atoms with van der Waals surface area (Å²) >= 11 is 0. The van der Waals surface area contributed by atoms with Crippen LogP contribution in [-0.4, -0.2) is 67.0 Å². The third kappa shape index (κ3) is 13.9. The predicted octanol–water partition coefficient (Wildman–Crippen LogP) is -1.45. The van der Waals surface area contributed by atoms with E-state index in [1.165, 1.54) is 0 Å². The van der Waals surface area contributed by atoms with Crippen molar-refractivity contribution in [3.8, 4) is 0 Å². The zero-order chi connectivity index (χ0) is 13.5. The molecule has 0 aromatic carbocycles. The molecule has 0 fully saturated rings. The van der Waals surface area contributed by atoms with Crippen LogP contribution in [0.3, 0.4) is 0 Å². The molecular formula is C8H20NO6SSi-. The Morgan fingerprint density at radius 3 is 2.12 bits per heavy atom. The summed E-state index contributed by atoms with van der Waals surface area (Å²) in [6.45, 7) is 1.22. The van der Waals surface area contributed by atoms with E-state index < -0.39 is 18.9 Å². The lowest BCUT2D eigenvalue weighted by atomic mass is 10.3. The fourth-order valence-electron chi connectivity index (χ4n) is 1.36. The van der Waals surface area contributed by atoms with E-state index in [4.69, 9.17) is 14.4 Å². The average Bonchev–Trinajstić information content (AvgIpc) is 2.09. The lowest BCUT2D eigenvalue weighted by Crippen LogP contribution is -2.35. The van der Waals surface area contributed by atoms with Gasteiger partial charge in [-0.15, -0.1) is 0 Å². The highest BCUT2D eigenvalue weighted by Gasteiger charge is 2.25. The van der Waals surface area contributed by atoms with Crippen LogP contribution in [0.1, 0.15) is 19.3 Å². The Labute approximate surface area is 103 Å². The molecule has 0 aliphatic rings. The molecule has 0 atom stereocenters. The highest BCUT2D eigenvalue weighted by molar-refractivity contribution is 7.85. The van der Waals surface area contributed by atoms with Crippen molar-refractivity contribution in [1.82, 2.24) is 4.90 Å². The largest absolute Gasteiger partial charge is 0.748 e. The lowest BCUT2D eigenvalue weighted by molar-refractivity contribution is 0.222. The molecule has 9 heteroatoms. The van der Waals surface area contributed by atoms with E-state index >= 15 is 0 Å². The van der Waals surface area contributed by atoms with Gasteiger partial charge in [-0.1, -0.05) is 0 Å². The summed E-state index contributed by atoms with van der Waals surface area (Å²) < 4.78 is 30.9. The van der Waals surface area contributed by atoms with Crippen LogP contribution in [0.4, 0.5) is 0 Å². The fourth-order valence-corrected chi connectivity index (χ4v) is 2.55. The maximum absolute atomic E-state index is 10.3. The molecule has 0 aromatic rings. The summed E-state index contributed by atoms with van der Waals surface area (Å²) in [5.74, 6) is -0.346. The molecule has 17 heavy (non-hydrogen) atoms. The summed E-state index contributed by atoms with van der Waals surface area (Å²) in [4.78, 5) is 28.2. The smallest absolute Gasteiger partial charge is 0.492 e. The van der Waals surface area contributed by atoms with Gasteiger partial charge in [0.05, 0.1) is 10.1 Å². The van der Waals surface area contributed by atoms with Crippen molar-refractivity contribution < 1.29 is 27.4 Å². The monoisotopic (exact) mass is 286 g/mol. The van der Waals surface area contributed by atoms with E-state index in [-0.39, 0.29) is 11.8 Å². The van der Waals surface area contributed by atoms with Gasteiger partial charge in [0.1, 0.15) is 0 Å². The minimum Gasteiger partial charge on any atom is -0.748 e. The lowest BCUT2D eigenvalue weighted by Gasteiger charge is -2.17. The number of hydrogen-bond donors (Lipinski definition) is 3. The normalized spacial score (nSPS) is 13.3. The Kier molecular flexibility index (Phi) is 7.40. The van der Waals surface area contributed by atoms with Gasteiger partial charge in [0.15, 0.2) is 0 Å². The molecule has 0 radical (unpaired) electrons. The van der Waals surface area contributed by atoms with Crippen LogP contribution < -0.4 is 0 Å². The quantitative estimate of drug-likeness (QED) is 0.269. The first kappa shape index (κ1) is 17.0. The summed E-state index contributed by atoms with van der Waals surface area (Å²) in [7, 11) is -6.25. The summed E-state index contributed by atoms with van der Waals surface area (Å²) in [5.41, 5.74) is 0. The zero-order valence-corrected chi connectivity index (χ0v) is 11.7. The first-order valence-electron chi connectivity index (χ1n) is 5.39. The Bertz CT molecular complexity index is 302. The molecular weight excluding hydrogens is 266 g/mol. The Morgan fingerprint density at radius 2 is 1.65 bits per heavy atom. The fraction of sp³-hybridized carbons (Fsp3) is 1.00. The first-order chi connectivity index (χ1) is 7.60. The topological polar surface area (TPSA) is 121 Å².